The van der Waals surface area contributed by atoms with Crippen molar-refractivity contribution in [2.24, 2.45) is 0 Å². The molecule has 2 aromatic heterocycles. The first-order valence-electron chi connectivity index (χ1n) is 7.86. The first-order chi connectivity index (χ1) is 11.9. The minimum atomic E-state index is -0.963. The van der Waals surface area contributed by atoms with Gasteiger partial charge in [0.05, 0.1) is 10.7 Å². The quantitative estimate of drug-likeness (QED) is 0.850. The number of rotatable bonds is 4. The van der Waals surface area contributed by atoms with Crippen molar-refractivity contribution in [2.45, 2.75) is 25.3 Å². The fourth-order valence-corrected chi connectivity index (χ4v) is 3.17. The molecule has 1 amide bonds. The predicted octanol–water partition coefficient (Wildman–Crippen LogP) is 1.33. The molecule has 1 saturated heterocycles. The van der Waals surface area contributed by atoms with Crippen molar-refractivity contribution >= 4 is 23.5 Å². The zero-order valence-electron chi connectivity index (χ0n) is 13.3. The van der Waals surface area contributed by atoms with E-state index in [9.17, 15) is 14.4 Å². The maximum Gasteiger partial charge on any atom is 0.325 e. The fourth-order valence-electron chi connectivity index (χ4n) is 3.01. The molecule has 1 aliphatic rings. The largest absolute Gasteiger partial charge is 0.480 e. The van der Waals surface area contributed by atoms with E-state index in [1.165, 1.54) is 16.9 Å². The van der Waals surface area contributed by atoms with E-state index in [1.807, 2.05) is 0 Å². The number of carbonyl (C=O) groups excluding carboxylic acids is 1. The van der Waals surface area contributed by atoms with E-state index < -0.39 is 11.5 Å². The van der Waals surface area contributed by atoms with Crippen molar-refractivity contribution in [2.75, 3.05) is 13.1 Å². The summed E-state index contributed by atoms with van der Waals surface area (Å²) in [4.78, 5) is 39.3. The first-order valence-corrected chi connectivity index (χ1v) is 8.24. The van der Waals surface area contributed by atoms with Gasteiger partial charge in [-0.05, 0) is 25.0 Å². The summed E-state index contributed by atoms with van der Waals surface area (Å²) in [5.74, 6) is -1.32. The van der Waals surface area contributed by atoms with E-state index in [1.54, 1.807) is 17.2 Å². The number of carbonyl (C=O) groups is 2. The molecule has 3 rings (SSSR count). The Morgan fingerprint density at radius 1 is 1.44 bits per heavy atom. The smallest absolute Gasteiger partial charge is 0.325 e. The number of aromatic amines is 1. The second-order valence-corrected chi connectivity index (χ2v) is 6.42. The summed E-state index contributed by atoms with van der Waals surface area (Å²) in [6, 6.07) is 3.14. The van der Waals surface area contributed by atoms with E-state index in [4.69, 9.17) is 16.7 Å². The molecule has 2 aromatic rings. The topological polar surface area (TPSA) is 108 Å². The highest BCUT2D eigenvalue weighted by Gasteiger charge is 2.28. The van der Waals surface area contributed by atoms with Gasteiger partial charge in [-0.1, -0.05) is 11.6 Å². The Bertz CT molecular complexity index is 860. The number of amides is 1. The molecule has 132 valence electrons. The standard InChI is InChI=1S/C16H17ClN4O4/c17-11-6-12(15(24)18-7-11)16(25)20-4-1-2-10(8-20)13-3-5-21(19-13)9-14(22)23/h3,5-7,10H,1-2,4,8-9H2,(H,18,24)(H,22,23)/t10-/m0/s1. The Hall–Kier alpha value is -2.61. The van der Waals surface area contributed by atoms with Gasteiger partial charge in [-0.15, -0.1) is 0 Å². The summed E-state index contributed by atoms with van der Waals surface area (Å²) in [5.41, 5.74) is 0.297. The normalized spacial score (nSPS) is 17.5. The number of hydrogen-bond acceptors (Lipinski definition) is 4. The fraction of sp³-hybridized carbons (Fsp3) is 0.375. The van der Waals surface area contributed by atoms with Crippen molar-refractivity contribution in [3.8, 4) is 0 Å². The number of likely N-dealkylation sites (tertiary alicyclic amines) is 1. The molecule has 0 unspecified atom stereocenters. The molecule has 0 bridgehead atoms. The maximum absolute atomic E-state index is 12.6. The van der Waals surface area contributed by atoms with E-state index in [-0.39, 0.29) is 23.9 Å². The predicted molar refractivity (Wildman–Crippen MR) is 89.8 cm³/mol. The van der Waals surface area contributed by atoms with Gasteiger partial charge in [0.15, 0.2) is 0 Å². The molecule has 0 spiro atoms. The number of halogens is 1. The summed E-state index contributed by atoms with van der Waals surface area (Å²) in [5, 5.41) is 13.4. The third-order valence-corrected chi connectivity index (χ3v) is 4.40. The van der Waals surface area contributed by atoms with E-state index in [0.717, 1.165) is 18.5 Å². The number of pyridine rings is 1. The minimum Gasteiger partial charge on any atom is -0.480 e. The summed E-state index contributed by atoms with van der Waals surface area (Å²) in [6.45, 7) is 0.777. The molecule has 0 aromatic carbocycles. The number of piperidine rings is 1. The molecule has 3 heterocycles. The number of carboxylic acid groups (broad SMARTS) is 1. The second-order valence-electron chi connectivity index (χ2n) is 5.98. The SMILES string of the molecule is O=C(O)Cn1ccc([C@H]2CCCN(C(=O)c3cc(Cl)c[nH]c3=O)C2)n1. The zero-order valence-corrected chi connectivity index (χ0v) is 14.1. The number of H-pyrrole nitrogens is 1. The number of nitrogens with zero attached hydrogens (tertiary/aromatic N) is 3. The van der Waals surface area contributed by atoms with Crippen LogP contribution in [0.3, 0.4) is 0 Å². The van der Waals surface area contributed by atoms with Crippen LogP contribution in [-0.4, -0.2) is 49.7 Å². The van der Waals surface area contributed by atoms with E-state index >= 15 is 0 Å². The van der Waals surface area contributed by atoms with Crippen LogP contribution in [0.1, 0.15) is 34.8 Å². The van der Waals surface area contributed by atoms with Gasteiger partial charge in [0.25, 0.3) is 11.5 Å². The highest BCUT2D eigenvalue weighted by Crippen LogP contribution is 2.26. The molecule has 1 atom stereocenters. The summed E-state index contributed by atoms with van der Waals surface area (Å²) < 4.78 is 1.36. The van der Waals surface area contributed by atoms with Gasteiger partial charge in [0, 0.05) is 31.4 Å². The van der Waals surface area contributed by atoms with Crippen LogP contribution in [-0.2, 0) is 11.3 Å². The molecule has 9 heteroatoms. The van der Waals surface area contributed by atoms with Gasteiger partial charge in [-0.25, -0.2) is 0 Å². The Kier molecular flexibility index (Phi) is 4.89. The lowest BCUT2D eigenvalue weighted by Crippen LogP contribution is -2.41. The monoisotopic (exact) mass is 364 g/mol. The molecule has 8 nitrogen and oxygen atoms in total. The van der Waals surface area contributed by atoms with Crippen LogP contribution in [0.2, 0.25) is 5.02 Å². The molecular formula is C16H17ClN4O4. The van der Waals surface area contributed by atoms with Gasteiger partial charge in [-0.2, -0.15) is 5.10 Å². The molecule has 1 aliphatic heterocycles. The Balaban J connectivity index is 1.75. The number of nitrogens with one attached hydrogen (secondary N) is 1. The van der Waals surface area contributed by atoms with Crippen molar-refractivity contribution in [3.05, 3.63) is 51.2 Å². The molecule has 1 fully saturated rings. The van der Waals surface area contributed by atoms with Gasteiger partial charge < -0.3 is 15.0 Å². The minimum absolute atomic E-state index is 0.00557. The van der Waals surface area contributed by atoms with Crippen molar-refractivity contribution in [1.82, 2.24) is 19.7 Å². The van der Waals surface area contributed by atoms with E-state index in [0.29, 0.717) is 18.1 Å². The number of aromatic nitrogens is 3. The van der Waals surface area contributed by atoms with Crippen molar-refractivity contribution in [1.29, 1.82) is 0 Å². The van der Waals surface area contributed by atoms with Crippen molar-refractivity contribution in [3.63, 3.8) is 0 Å². The lowest BCUT2D eigenvalue weighted by atomic mass is 9.94. The highest BCUT2D eigenvalue weighted by atomic mass is 35.5. The average Bonchev–Trinajstić information content (AvgIpc) is 3.04. The Morgan fingerprint density at radius 2 is 2.24 bits per heavy atom. The van der Waals surface area contributed by atoms with Gasteiger partial charge in [0.2, 0.25) is 0 Å². The summed E-state index contributed by atoms with van der Waals surface area (Å²) in [7, 11) is 0. The third-order valence-electron chi connectivity index (χ3n) is 4.18. The third kappa shape index (κ3) is 3.90. The van der Waals surface area contributed by atoms with Gasteiger partial charge in [-0.3, -0.25) is 19.1 Å². The van der Waals surface area contributed by atoms with Crippen LogP contribution in [0.4, 0.5) is 0 Å². The summed E-state index contributed by atoms with van der Waals surface area (Å²) in [6.07, 6.45) is 4.58. The summed E-state index contributed by atoms with van der Waals surface area (Å²) >= 11 is 5.87. The first kappa shape index (κ1) is 17.2. The van der Waals surface area contributed by atoms with Crippen LogP contribution in [0, 0.1) is 0 Å². The van der Waals surface area contributed by atoms with Gasteiger partial charge in [0.1, 0.15) is 12.1 Å². The molecule has 0 saturated carbocycles. The molecule has 0 aliphatic carbocycles. The maximum atomic E-state index is 12.6. The van der Waals surface area contributed by atoms with Crippen LogP contribution in [0.5, 0.6) is 0 Å². The average molecular weight is 365 g/mol. The lowest BCUT2D eigenvalue weighted by molar-refractivity contribution is -0.137. The van der Waals surface area contributed by atoms with Crippen LogP contribution >= 0.6 is 11.6 Å². The van der Waals surface area contributed by atoms with Gasteiger partial charge >= 0.3 is 5.97 Å². The second kappa shape index (κ2) is 7.10. The molecular weight excluding hydrogens is 348 g/mol. The highest BCUT2D eigenvalue weighted by molar-refractivity contribution is 6.30. The number of carboxylic acids is 1. The molecule has 25 heavy (non-hydrogen) atoms. The molecule has 2 N–H and O–H groups in total. The van der Waals surface area contributed by atoms with E-state index in [2.05, 4.69) is 10.1 Å². The van der Waals surface area contributed by atoms with Crippen molar-refractivity contribution < 1.29 is 14.7 Å². The van der Waals surface area contributed by atoms with Crippen LogP contribution < -0.4 is 5.56 Å². The van der Waals surface area contributed by atoms with Crippen LogP contribution in [0.15, 0.2) is 29.3 Å². The zero-order chi connectivity index (χ0) is 18.0. The Labute approximate surface area is 148 Å². The van der Waals surface area contributed by atoms with Crippen LogP contribution in [0.25, 0.3) is 0 Å². The Morgan fingerprint density at radius 3 is 3.00 bits per heavy atom. The number of hydrogen-bond donors (Lipinski definition) is 2. The molecule has 0 radical (unpaired) electrons. The number of aliphatic carboxylic acids is 1. The lowest BCUT2D eigenvalue weighted by Gasteiger charge is -2.31.